The van der Waals surface area contributed by atoms with Crippen LogP contribution in [0.4, 0.5) is 0 Å². The first-order chi connectivity index (χ1) is 8.22. The summed E-state index contributed by atoms with van der Waals surface area (Å²) in [7, 11) is 0. The maximum atomic E-state index is 10.7. The van der Waals surface area contributed by atoms with Crippen LogP contribution in [0.2, 0.25) is 0 Å². The highest BCUT2D eigenvalue weighted by molar-refractivity contribution is 5.72. The second-order valence-corrected chi connectivity index (χ2v) is 3.91. The third-order valence-electron chi connectivity index (χ3n) is 2.33. The summed E-state index contributed by atoms with van der Waals surface area (Å²) in [4.78, 5) is 10.7. The number of carbonyl (C=O) groups excluding carboxylic acids is 1. The van der Waals surface area contributed by atoms with Gasteiger partial charge < -0.3 is 10.6 Å². The molecule has 0 radical (unpaired) electrons. The van der Waals surface area contributed by atoms with E-state index in [-0.39, 0.29) is 5.91 Å². The third-order valence-corrected chi connectivity index (χ3v) is 2.33. The van der Waals surface area contributed by atoms with Gasteiger partial charge in [-0.15, -0.1) is 5.10 Å². The lowest BCUT2D eigenvalue weighted by atomic mass is 10.3. The molecule has 0 fully saturated rings. The van der Waals surface area contributed by atoms with Crippen molar-refractivity contribution in [3.05, 3.63) is 11.9 Å². The van der Waals surface area contributed by atoms with E-state index in [1.165, 1.54) is 6.92 Å². The molecule has 96 valence electrons. The average molecular weight is 239 g/mol. The van der Waals surface area contributed by atoms with E-state index in [1.807, 2.05) is 10.9 Å². The SMILES string of the molecule is CCNCCc1cn(CCCNC(C)=O)nn1. The Labute approximate surface area is 102 Å². The lowest BCUT2D eigenvalue weighted by Gasteiger charge is -2.01. The van der Waals surface area contributed by atoms with Crippen molar-refractivity contribution in [3.8, 4) is 0 Å². The minimum absolute atomic E-state index is 0.00918. The van der Waals surface area contributed by atoms with Crippen molar-refractivity contribution in [2.75, 3.05) is 19.6 Å². The van der Waals surface area contributed by atoms with Gasteiger partial charge in [0.05, 0.1) is 5.69 Å². The Morgan fingerprint density at radius 2 is 2.29 bits per heavy atom. The topological polar surface area (TPSA) is 71.8 Å². The number of nitrogens with zero attached hydrogens (tertiary/aromatic N) is 3. The molecule has 0 saturated heterocycles. The van der Waals surface area contributed by atoms with Gasteiger partial charge in [-0.3, -0.25) is 9.48 Å². The average Bonchev–Trinajstić information content (AvgIpc) is 2.73. The number of aromatic nitrogens is 3. The van der Waals surface area contributed by atoms with E-state index in [2.05, 4.69) is 27.9 Å². The fourth-order valence-electron chi connectivity index (χ4n) is 1.46. The van der Waals surface area contributed by atoms with Crippen LogP contribution in [0.3, 0.4) is 0 Å². The second kappa shape index (κ2) is 7.78. The minimum Gasteiger partial charge on any atom is -0.356 e. The Balaban J connectivity index is 2.18. The third kappa shape index (κ3) is 6.01. The molecule has 0 atom stereocenters. The van der Waals surface area contributed by atoms with E-state index < -0.39 is 0 Å². The van der Waals surface area contributed by atoms with Gasteiger partial charge in [-0.05, 0) is 13.0 Å². The lowest BCUT2D eigenvalue weighted by Crippen LogP contribution is -2.22. The zero-order chi connectivity index (χ0) is 12.5. The summed E-state index contributed by atoms with van der Waals surface area (Å²) in [6.45, 7) is 6.98. The quantitative estimate of drug-likeness (QED) is 0.624. The van der Waals surface area contributed by atoms with Gasteiger partial charge in [-0.25, -0.2) is 0 Å². The van der Waals surface area contributed by atoms with E-state index in [9.17, 15) is 4.79 Å². The van der Waals surface area contributed by atoms with Gasteiger partial charge in [0.1, 0.15) is 0 Å². The van der Waals surface area contributed by atoms with E-state index >= 15 is 0 Å². The van der Waals surface area contributed by atoms with Crippen molar-refractivity contribution in [1.82, 2.24) is 25.6 Å². The molecule has 17 heavy (non-hydrogen) atoms. The summed E-state index contributed by atoms with van der Waals surface area (Å²) >= 11 is 0. The number of hydrogen-bond donors (Lipinski definition) is 2. The lowest BCUT2D eigenvalue weighted by molar-refractivity contribution is -0.118. The molecular formula is C11H21N5O. The van der Waals surface area contributed by atoms with E-state index in [0.717, 1.165) is 38.2 Å². The van der Waals surface area contributed by atoms with Crippen molar-refractivity contribution < 1.29 is 4.79 Å². The van der Waals surface area contributed by atoms with Gasteiger partial charge in [0.25, 0.3) is 0 Å². The molecule has 0 saturated carbocycles. The summed E-state index contributed by atoms with van der Waals surface area (Å²) in [5.74, 6) is 0.00918. The van der Waals surface area contributed by atoms with Crippen LogP contribution in [0.5, 0.6) is 0 Å². The van der Waals surface area contributed by atoms with E-state index in [4.69, 9.17) is 0 Å². The van der Waals surface area contributed by atoms with Gasteiger partial charge >= 0.3 is 0 Å². The number of likely N-dealkylation sites (N-methyl/N-ethyl adjacent to an activating group) is 1. The maximum absolute atomic E-state index is 10.7. The maximum Gasteiger partial charge on any atom is 0.216 e. The zero-order valence-corrected chi connectivity index (χ0v) is 10.6. The van der Waals surface area contributed by atoms with Gasteiger partial charge in [0.2, 0.25) is 5.91 Å². The predicted molar refractivity (Wildman–Crippen MR) is 65.6 cm³/mol. The molecule has 1 aromatic heterocycles. The van der Waals surface area contributed by atoms with Crippen LogP contribution >= 0.6 is 0 Å². The molecule has 0 aliphatic heterocycles. The summed E-state index contributed by atoms with van der Waals surface area (Å²) < 4.78 is 1.82. The second-order valence-electron chi connectivity index (χ2n) is 3.91. The van der Waals surface area contributed by atoms with Crippen LogP contribution in [0.15, 0.2) is 6.20 Å². The van der Waals surface area contributed by atoms with Gasteiger partial charge in [-0.1, -0.05) is 12.1 Å². The molecule has 1 aromatic rings. The van der Waals surface area contributed by atoms with Crippen molar-refractivity contribution in [3.63, 3.8) is 0 Å². The zero-order valence-electron chi connectivity index (χ0n) is 10.6. The van der Waals surface area contributed by atoms with Crippen molar-refractivity contribution in [1.29, 1.82) is 0 Å². The fraction of sp³-hybridized carbons (Fsp3) is 0.727. The Morgan fingerprint density at radius 3 is 3.00 bits per heavy atom. The molecule has 1 heterocycles. The molecule has 2 N–H and O–H groups in total. The Kier molecular flexibility index (Phi) is 6.24. The van der Waals surface area contributed by atoms with Crippen LogP contribution in [0, 0.1) is 0 Å². The summed E-state index contributed by atoms with van der Waals surface area (Å²) in [5, 5.41) is 14.1. The summed E-state index contributed by atoms with van der Waals surface area (Å²) in [6, 6.07) is 0. The smallest absolute Gasteiger partial charge is 0.216 e. The highest BCUT2D eigenvalue weighted by Gasteiger charge is 2.00. The van der Waals surface area contributed by atoms with Crippen LogP contribution in [0.25, 0.3) is 0 Å². The van der Waals surface area contributed by atoms with E-state index in [0.29, 0.717) is 6.54 Å². The Hall–Kier alpha value is -1.43. The standard InChI is InChI=1S/C11H21N5O/c1-3-12-7-5-11-9-16(15-14-11)8-4-6-13-10(2)17/h9,12H,3-8H2,1-2H3,(H,13,17). The first-order valence-electron chi connectivity index (χ1n) is 6.06. The number of carbonyl (C=O) groups is 1. The molecule has 0 aromatic carbocycles. The molecule has 0 spiro atoms. The Bertz CT molecular complexity index is 336. The normalized spacial score (nSPS) is 10.5. The largest absolute Gasteiger partial charge is 0.356 e. The molecule has 1 rings (SSSR count). The highest BCUT2D eigenvalue weighted by Crippen LogP contribution is 1.95. The number of hydrogen-bond acceptors (Lipinski definition) is 4. The monoisotopic (exact) mass is 239 g/mol. The first kappa shape index (κ1) is 13.6. The molecule has 6 nitrogen and oxygen atoms in total. The number of nitrogens with one attached hydrogen (secondary N) is 2. The number of aryl methyl sites for hydroxylation is 1. The van der Waals surface area contributed by atoms with Crippen molar-refractivity contribution >= 4 is 5.91 Å². The highest BCUT2D eigenvalue weighted by atomic mass is 16.1. The molecule has 6 heteroatoms. The molecular weight excluding hydrogens is 218 g/mol. The van der Waals surface area contributed by atoms with Crippen molar-refractivity contribution in [2.24, 2.45) is 0 Å². The number of amides is 1. The molecule has 1 amide bonds. The van der Waals surface area contributed by atoms with Crippen LogP contribution in [-0.2, 0) is 17.8 Å². The minimum atomic E-state index is 0.00918. The Morgan fingerprint density at radius 1 is 1.47 bits per heavy atom. The fourth-order valence-corrected chi connectivity index (χ4v) is 1.46. The predicted octanol–water partition coefficient (Wildman–Crippen LogP) is -0.0437. The van der Waals surface area contributed by atoms with Crippen LogP contribution in [0.1, 0.15) is 26.0 Å². The first-order valence-corrected chi connectivity index (χ1v) is 6.06. The molecule has 0 bridgehead atoms. The van der Waals surface area contributed by atoms with Gasteiger partial charge in [-0.2, -0.15) is 0 Å². The molecule has 0 aliphatic rings. The van der Waals surface area contributed by atoms with Crippen molar-refractivity contribution in [2.45, 2.75) is 33.2 Å². The molecule has 0 unspecified atom stereocenters. The van der Waals surface area contributed by atoms with E-state index in [1.54, 1.807) is 0 Å². The van der Waals surface area contributed by atoms with Crippen LogP contribution in [-0.4, -0.2) is 40.5 Å². The molecule has 0 aliphatic carbocycles. The summed E-state index contributed by atoms with van der Waals surface area (Å²) in [6.07, 6.45) is 3.74. The van der Waals surface area contributed by atoms with Crippen LogP contribution < -0.4 is 10.6 Å². The summed E-state index contributed by atoms with van der Waals surface area (Å²) in [5.41, 5.74) is 1.01. The van der Waals surface area contributed by atoms with Gasteiger partial charge in [0.15, 0.2) is 0 Å². The van der Waals surface area contributed by atoms with Gasteiger partial charge in [0, 0.05) is 39.2 Å². The number of rotatable bonds is 8.